The first-order valence-electron chi connectivity index (χ1n) is 5.41. The zero-order valence-corrected chi connectivity index (χ0v) is 11.4. The molecule has 1 unspecified atom stereocenters. The van der Waals surface area contributed by atoms with Crippen molar-refractivity contribution in [3.05, 3.63) is 10.9 Å². The highest BCUT2D eigenvalue weighted by Gasteiger charge is 2.12. The molecule has 2 aromatic heterocycles. The lowest BCUT2D eigenvalue weighted by atomic mass is 10.3. The van der Waals surface area contributed by atoms with Crippen LogP contribution in [-0.2, 0) is 0 Å². The monoisotopic (exact) mass is 269 g/mol. The van der Waals surface area contributed by atoms with E-state index in [4.69, 9.17) is 10.8 Å². The molecule has 0 radical (unpaired) electrons. The number of thioether (sulfide) groups is 1. The van der Waals surface area contributed by atoms with Crippen LogP contribution >= 0.6 is 23.1 Å². The van der Waals surface area contributed by atoms with E-state index in [0.717, 1.165) is 21.7 Å². The quantitative estimate of drug-likeness (QED) is 0.659. The van der Waals surface area contributed by atoms with E-state index in [0.29, 0.717) is 11.2 Å². The molecule has 0 aliphatic carbocycles. The number of nitrogens with two attached hydrogens (primary N) is 1. The minimum Gasteiger partial charge on any atom is -0.396 e. The Morgan fingerprint density at radius 2 is 2.29 bits per heavy atom. The molecular weight excluding hydrogens is 254 g/mol. The first-order valence-corrected chi connectivity index (χ1v) is 7.11. The summed E-state index contributed by atoms with van der Waals surface area (Å²) in [5.41, 5.74) is 5.71. The summed E-state index contributed by atoms with van der Waals surface area (Å²) in [4.78, 5) is 10.7. The van der Waals surface area contributed by atoms with E-state index >= 15 is 0 Å². The van der Waals surface area contributed by atoms with Crippen molar-refractivity contribution in [3.63, 3.8) is 0 Å². The van der Waals surface area contributed by atoms with Crippen molar-refractivity contribution < 1.29 is 5.11 Å². The highest BCUT2D eigenvalue weighted by molar-refractivity contribution is 8.00. The average molecular weight is 269 g/mol. The number of anilines is 1. The van der Waals surface area contributed by atoms with Crippen molar-refractivity contribution in [2.24, 2.45) is 0 Å². The minimum absolute atomic E-state index is 0.195. The Hall–Kier alpha value is -0.850. The molecule has 92 valence electrons. The van der Waals surface area contributed by atoms with Gasteiger partial charge in [0.25, 0.3) is 0 Å². The number of aliphatic hydroxyl groups is 1. The molecule has 0 aromatic carbocycles. The molecule has 6 heteroatoms. The third kappa shape index (κ3) is 2.88. The molecule has 0 amide bonds. The van der Waals surface area contributed by atoms with E-state index in [1.54, 1.807) is 23.1 Å². The molecular formula is C11H15N3OS2. The Kier molecular flexibility index (Phi) is 3.86. The maximum absolute atomic E-state index is 8.92. The van der Waals surface area contributed by atoms with Gasteiger partial charge < -0.3 is 10.8 Å². The van der Waals surface area contributed by atoms with Crippen molar-refractivity contribution in [1.29, 1.82) is 0 Å². The van der Waals surface area contributed by atoms with Gasteiger partial charge >= 0.3 is 0 Å². The Morgan fingerprint density at radius 3 is 3.00 bits per heavy atom. The number of aryl methyl sites for hydroxylation is 1. The van der Waals surface area contributed by atoms with Gasteiger partial charge in [0.2, 0.25) is 5.95 Å². The molecule has 17 heavy (non-hydrogen) atoms. The number of aromatic nitrogens is 2. The van der Waals surface area contributed by atoms with Crippen LogP contribution in [0.1, 0.15) is 18.2 Å². The van der Waals surface area contributed by atoms with Gasteiger partial charge in [0.1, 0.15) is 9.86 Å². The summed E-state index contributed by atoms with van der Waals surface area (Å²) in [6.07, 6.45) is 0.749. The van der Waals surface area contributed by atoms with Crippen molar-refractivity contribution in [1.82, 2.24) is 9.97 Å². The summed E-state index contributed by atoms with van der Waals surface area (Å²) >= 11 is 3.27. The molecule has 0 saturated carbocycles. The minimum atomic E-state index is 0.195. The third-order valence-corrected chi connectivity index (χ3v) is 4.46. The van der Waals surface area contributed by atoms with Crippen LogP contribution in [0.15, 0.2) is 11.1 Å². The van der Waals surface area contributed by atoms with Gasteiger partial charge in [0, 0.05) is 22.1 Å². The first-order chi connectivity index (χ1) is 8.10. The molecule has 0 saturated heterocycles. The summed E-state index contributed by atoms with van der Waals surface area (Å²) < 4.78 is 0. The van der Waals surface area contributed by atoms with Gasteiger partial charge in [-0.05, 0) is 19.4 Å². The number of hydrogen-bond acceptors (Lipinski definition) is 6. The van der Waals surface area contributed by atoms with E-state index in [1.165, 1.54) is 4.88 Å². The number of hydrogen-bond donors (Lipinski definition) is 2. The molecule has 2 rings (SSSR count). The van der Waals surface area contributed by atoms with Gasteiger partial charge in [-0.2, -0.15) is 0 Å². The maximum atomic E-state index is 8.92. The van der Waals surface area contributed by atoms with Crippen LogP contribution < -0.4 is 5.73 Å². The SMILES string of the molecule is Cc1cc2c(SC(C)CCO)nc(N)nc2s1. The van der Waals surface area contributed by atoms with Crippen LogP contribution in [0.5, 0.6) is 0 Å². The molecule has 0 fully saturated rings. The zero-order chi connectivity index (χ0) is 12.4. The second-order valence-corrected chi connectivity index (χ2v) is 6.57. The molecule has 0 bridgehead atoms. The second-order valence-electron chi connectivity index (χ2n) is 3.90. The van der Waals surface area contributed by atoms with Crippen molar-refractivity contribution >= 4 is 39.3 Å². The van der Waals surface area contributed by atoms with Crippen LogP contribution in [-0.4, -0.2) is 26.9 Å². The molecule has 0 aliphatic heterocycles. The van der Waals surface area contributed by atoms with E-state index < -0.39 is 0 Å². The molecule has 2 heterocycles. The summed E-state index contributed by atoms with van der Waals surface area (Å²) in [5.74, 6) is 0.318. The fourth-order valence-corrected chi connectivity index (χ4v) is 3.54. The number of fused-ring (bicyclic) bond motifs is 1. The Morgan fingerprint density at radius 1 is 1.53 bits per heavy atom. The highest BCUT2D eigenvalue weighted by Crippen LogP contribution is 2.34. The fraction of sp³-hybridized carbons (Fsp3) is 0.455. The molecule has 4 nitrogen and oxygen atoms in total. The lowest BCUT2D eigenvalue weighted by Crippen LogP contribution is -2.02. The van der Waals surface area contributed by atoms with Crippen molar-refractivity contribution in [2.45, 2.75) is 30.5 Å². The summed E-state index contributed by atoms with van der Waals surface area (Å²) in [5, 5.41) is 11.2. The topological polar surface area (TPSA) is 72.0 Å². The number of nitrogens with zero attached hydrogens (tertiary/aromatic N) is 2. The van der Waals surface area contributed by atoms with Gasteiger partial charge in [-0.15, -0.1) is 23.1 Å². The van der Waals surface area contributed by atoms with Crippen molar-refractivity contribution in [3.8, 4) is 0 Å². The number of rotatable bonds is 4. The smallest absolute Gasteiger partial charge is 0.222 e. The van der Waals surface area contributed by atoms with E-state index in [-0.39, 0.29) is 6.61 Å². The average Bonchev–Trinajstić information content (AvgIpc) is 2.58. The number of aliphatic hydroxyl groups excluding tert-OH is 1. The van der Waals surface area contributed by atoms with Crippen LogP contribution in [0, 0.1) is 6.92 Å². The largest absolute Gasteiger partial charge is 0.396 e. The van der Waals surface area contributed by atoms with Gasteiger partial charge in [-0.1, -0.05) is 6.92 Å². The van der Waals surface area contributed by atoms with Gasteiger partial charge in [0.15, 0.2) is 0 Å². The van der Waals surface area contributed by atoms with Gasteiger partial charge in [-0.3, -0.25) is 0 Å². The Bertz CT molecular complexity index is 527. The van der Waals surface area contributed by atoms with Crippen LogP contribution in [0.4, 0.5) is 5.95 Å². The number of nitrogen functional groups attached to an aromatic ring is 1. The van der Waals surface area contributed by atoms with Gasteiger partial charge in [-0.25, -0.2) is 9.97 Å². The number of thiophene rings is 1. The summed E-state index contributed by atoms with van der Waals surface area (Å²) in [7, 11) is 0. The molecule has 3 N–H and O–H groups in total. The predicted molar refractivity (Wildman–Crippen MR) is 73.6 cm³/mol. The molecule has 2 aromatic rings. The summed E-state index contributed by atoms with van der Waals surface area (Å²) in [6, 6.07) is 2.09. The lowest BCUT2D eigenvalue weighted by molar-refractivity contribution is 0.289. The lowest BCUT2D eigenvalue weighted by Gasteiger charge is -2.09. The maximum Gasteiger partial charge on any atom is 0.222 e. The summed E-state index contributed by atoms with van der Waals surface area (Å²) in [6.45, 7) is 4.32. The fourth-order valence-electron chi connectivity index (χ4n) is 1.55. The van der Waals surface area contributed by atoms with E-state index in [2.05, 4.69) is 23.0 Å². The molecule has 0 aliphatic rings. The van der Waals surface area contributed by atoms with Crippen LogP contribution in [0.2, 0.25) is 0 Å². The second kappa shape index (κ2) is 5.20. The Labute approximate surface area is 108 Å². The Balaban J connectivity index is 2.37. The predicted octanol–water partition coefficient (Wildman–Crippen LogP) is 2.44. The van der Waals surface area contributed by atoms with Gasteiger partial charge in [0.05, 0.1) is 0 Å². The zero-order valence-electron chi connectivity index (χ0n) is 9.80. The highest BCUT2D eigenvalue weighted by atomic mass is 32.2. The van der Waals surface area contributed by atoms with E-state index in [9.17, 15) is 0 Å². The first kappa shape index (κ1) is 12.6. The third-order valence-electron chi connectivity index (χ3n) is 2.35. The molecule has 1 atom stereocenters. The molecule has 0 spiro atoms. The van der Waals surface area contributed by atoms with E-state index in [1.807, 2.05) is 6.92 Å². The van der Waals surface area contributed by atoms with Crippen LogP contribution in [0.25, 0.3) is 10.2 Å². The van der Waals surface area contributed by atoms with Crippen LogP contribution in [0.3, 0.4) is 0 Å². The normalized spacial score (nSPS) is 13.1. The standard InChI is InChI=1S/C11H15N3OS2/c1-6(3-4-15)16-9-8-5-7(2)17-10(8)14-11(12)13-9/h5-6,15H,3-4H2,1-2H3,(H2,12,13,14). The van der Waals surface area contributed by atoms with Crippen molar-refractivity contribution in [2.75, 3.05) is 12.3 Å².